The standard InChI is InChI=1S/C30H44N4O3S2/c1-8-24-11-16-27-28(19-24)38-30(31-27)34(18-17-32(9-2)10-3)29(35)25-12-14-26(15-13-25)39(36,37)33(20-22(4)5)21-23(6)7/h11-16,19,22-23H,8-10,17-18,20-21H2,1-7H3. The average Bonchev–Trinajstić information content (AvgIpc) is 3.33. The van der Waals surface area contributed by atoms with Gasteiger partial charge >= 0.3 is 0 Å². The number of amides is 1. The maximum absolute atomic E-state index is 13.8. The number of benzene rings is 2. The summed E-state index contributed by atoms with van der Waals surface area (Å²) in [4.78, 5) is 22.9. The van der Waals surface area contributed by atoms with Gasteiger partial charge in [-0.25, -0.2) is 13.4 Å². The second-order valence-electron chi connectivity index (χ2n) is 10.8. The fraction of sp³-hybridized carbons (Fsp3) is 0.533. The zero-order valence-corrected chi connectivity index (χ0v) is 26.1. The van der Waals surface area contributed by atoms with Crippen molar-refractivity contribution in [3.8, 4) is 0 Å². The first-order valence-corrected chi connectivity index (χ1v) is 16.3. The lowest BCUT2D eigenvalue weighted by atomic mass is 10.2. The molecule has 0 saturated heterocycles. The van der Waals surface area contributed by atoms with Gasteiger partial charge < -0.3 is 4.90 Å². The smallest absolute Gasteiger partial charge is 0.260 e. The third-order valence-corrected chi connectivity index (χ3v) is 9.62. The molecule has 0 radical (unpaired) electrons. The number of nitrogens with zero attached hydrogens (tertiary/aromatic N) is 4. The van der Waals surface area contributed by atoms with E-state index in [1.807, 2.05) is 33.8 Å². The Morgan fingerprint density at radius 2 is 1.51 bits per heavy atom. The van der Waals surface area contributed by atoms with Crippen LogP contribution < -0.4 is 4.90 Å². The van der Waals surface area contributed by atoms with E-state index < -0.39 is 10.0 Å². The number of thiazole rings is 1. The molecule has 0 aliphatic heterocycles. The summed E-state index contributed by atoms with van der Waals surface area (Å²) in [6, 6.07) is 12.6. The minimum absolute atomic E-state index is 0.179. The van der Waals surface area contributed by atoms with Crippen molar-refractivity contribution in [1.29, 1.82) is 0 Å². The number of hydrogen-bond acceptors (Lipinski definition) is 6. The number of anilines is 1. The molecule has 0 unspecified atom stereocenters. The number of rotatable bonds is 14. The van der Waals surface area contributed by atoms with Gasteiger partial charge in [0.15, 0.2) is 5.13 Å². The molecule has 0 aliphatic carbocycles. The van der Waals surface area contributed by atoms with Crippen LogP contribution in [0.3, 0.4) is 0 Å². The van der Waals surface area contributed by atoms with Crippen LogP contribution in [0.2, 0.25) is 0 Å². The van der Waals surface area contributed by atoms with Gasteiger partial charge in [-0.3, -0.25) is 9.69 Å². The summed E-state index contributed by atoms with van der Waals surface area (Å²) in [6.45, 7) is 18.3. The van der Waals surface area contributed by atoms with E-state index in [4.69, 9.17) is 4.98 Å². The number of sulfonamides is 1. The molecule has 0 atom stereocenters. The number of aromatic nitrogens is 1. The molecular weight excluding hydrogens is 528 g/mol. The zero-order chi connectivity index (χ0) is 28.7. The van der Waals surface area contributed by atoms with E-state index in [1.54, 1.807) is 33.5 Å². The molecule has 2 aromatic carbocycles. The Hall–Kier alpha value is -2.33. The quantitative estimate of drug-likeness (QED) is 0.232. The molecule has 1 heterocycles. The van der Waals surface area contributed by atoms with Crippen molar-refractivity contribution in [3.63, 3.8) is 0 Å². The normalized spacial score (nSPS) is 12.4. The van der Waals surface area contributed by atoms with Crippen LogP contribution in [0, 0.1) is 11.8 Å². The lowest BCUT2D eigenvalue weighted by Gasteiger charge is -2.26. The van der Waals surface area contributed by atoms with Gasteiger partial charge in [0.2, 0.25) is 10.0 Å². The topological polar surface area (TPSA) is 73.8 Å². The molecule has 3 rings (SSSR count). The molecule has 0 N–H and O–H groups in total. The summed E-state index contributed by atoms with van der Waals surface area (Å²) in [5, 5.41) is 0.659. The van der Waals surface area contributed by atoms with Crippen LogP contribution in [-0.2, 0) is 16.4 Å². The number of aryl methyl sites for hydroxylation is 1. The molecule has 7 nitrogen and oxygen atoms in total. The summed E-state index contributed by atoms with van der Waals surface area (Å²) in [5.41, 5.74) is 2.56. The molecule has 3 aromatic rings. The van der Waals surface area contributed by atoms with E-state index >= 15 is 0 Å². The highest BCUT2D eigenvalue weighted by atomic mass is 32.2. The number of carbonyl (C=O) groups is 1. The van der Waals surface area contributed by atoms with Gasteiger partial charge in [0, 0.05) is 31.7 Å². The van der Waals surface area contributed by atoms with Gasteiger partial charge in [-0.2, -0.15) is 4.31 Å². The van der Waals surface area contributed by atoms with Crippen molar-refractivity contribution < 1.29 is 13.2 Å². The average molecular weight is 573 g/mol. The first-order valence-electron chi connectivity index (χ1n) is 14.0. The number of fused-ring (bicyclic) bond motifs is 1. The first kappa shape index (κ1) is 31.2. The van der Waals surface area contributed by atoms with E-state index in [2.05, 4.69) is 37.8 Å². The van der Waals surface area contributed by atoms with E-state index in [0.717, 1.165) is 36.3 Å². The predicted octanol–water partition coefficient (Wildman–Crippen LogP) is 6.15. The van der Waals surface area contributed by atoms with Crippen molar-refractivity contribution in [2.24, 2.45) is 11.8 Å². The molecule has 0 bridgehead atoms. The minimum atomic E-state index is -3.67. The molecule has 0 saturated carbocycles. The highest BCUT2D eigenvalue weighted by molar-refractivity contribution is 7.89. The van der Waals surface area contributed by atoms with Gasteiger partial charge in [0.05, 0.1) is 15.1 Å². The van der Waals surface area contributed by atoms with Crippen LogP contribution in [0.1, 0.15) is 64.4 Å². The summed E-state index contributed by atoms with van der Waals surface area (Å²) in [7, 11) is -3.67. The minimum Gasteiger partial charge on any atom is -0.302 e. The molecule has 1 aromatic heterocycles. The van der Waals surface area contributed by atoms with Crippen molar-refractivity contribution in [3.05, 3.63) is 53.6 Å². The largest absolute Gasteiger partial charge is 0.302 e. The number of likely N-dealkylation sites (N-methyl/N-ethyl adjacent to an activating group) is 1. The zero-order valence-electron chi connectivity index (χ0n) is 24.5. The highest BCUT2D eigenvalue weighted by Crippen LogP contribution is 2.31. The Kier molecular flexibility index (Phi) is 11.1. The van der Waals surface area contributed by atoms with Crippen LogP contribution >= 0.6 is 11.3 Å². The summed E-state index contributed by atoms with van der Waals surface area (Å²) in [6.07, 6.45) is 0.939. The second-order valence-corrected chi connectivity index (χ2v) is 13.7. The Balaban J connectivity index is 1.93. The van der Waals surface area contributed by atoms with Crippen molar-refractivity contribution in [1.82, 2.24) is 14.2 Å². The van der Waals surface area contributed by atoms with Crippen LogP contribution in [0.5, 0.6) is 0 Å². The Labute approximate surface area is 238 Å². The Bertz CT molecular complexity index is 1320. The molecule has 0 fully saturated rings. The Morgan fingerprint density at radius 3 is 2.05 bits per heavy atom. The monoisotopic (exact) mass is 572 g/mol. The van der Waals surface area contributed by atoms with Gasteiger partial charge in [-0.05, 0) is 73.3 Å². The number of hydrogen-bond donors (Lipinski definition) is 0. The SMILES string of the molecule is CCc1ccc2nc(N(CCN(CC)CC)C(=O)c3ccc(S(=O)(=O)N(CC(C)C)CC(C)C)cc3)sc2c1. The van der Waals surface area contributed by atoms with Crippen LogP contribution in [0.15, 0.2) is 47.4 Å². The molecule has 39 heavy (non-hydrogen) atoms. The second kappa shape index (κ2) is 13.8. The van der Waals surface area contributed by atoms with Gasteiger partial charge in [0.25, 0.3) is 5.91 Å². The summed E-state index contributed by atoms with van der Waals surface area (Å²) in [5.74, 6) is 0.240. The fourth-order valence-corrected chi connectivity index (χ4v) is 7.34. The molecule has 0 aliphatic rings. The van der Waals surface area contributed by atoms with Gasteiger partial charge in [-0.15, -0.1) is 0 Å². The molecule has 214 valence electrons. The predicted molar refractivity (Wildman–Crippen MR) is 163 cm³/mol. The number of carbonyl (C=O) groups excluding carboxylic acids is 1. The third-order valence-electron chi connectivity index (χ3n) is 6.74. The maximum Gasteiger partial charge on any atom is 0.260 e. The van der Waals surface area contributed by atoms with Crippen LogP contribution in [-0.4, -0.2) is 67.8 Å². The summed E-state index contributed by atoms with van der Waals surface area (Å²) >= 11 is 1.52. The molecular formula is C30H44N4O3S2. The Morgan fingerprint density at radius 1 is 0.897 bits per heavy atom. The van der Waals surface area contributed by atoms with Crippen molar-refractivity contribution in [2.45, 2.75) is 59.8 Å². The lowest BCUT2D eigenvalue weighted by Crippen LogP contribution is -2.39. The van der Waals surface area contributed by atoms with Gasteiger partial charge in [0.1, 0.15) is 0 Å². The highest BCUT2D eigenvalue weighted by Gasteiger charge is 2.27. The third kappa shape index (κ3) is 7.87. The molecule has 1 amide bonds. The van der Waals surface area contributed by atoms with E-state index in [1.165, 1.54) is 16.9 Å². The molecule has 9 heteroatoms. The van der Waals surface area contributed by atoms with Crippen molar-refractivity contribution in [2.75, 3.05) is 44.2 Å². The summed E-state index contributed by atoms with van der Waals surface area (Å²) < 4.78 is 29.5. The first-order chi connectivity index (χ1) is 18.5. The van der Waals surface area contributed by atoms with E-state index in [0.29, 0.717) is 30.3 Å². The van der Waals surface area contributed by atoms with E-state index in [9.17, 15) is 13.2 Å². The van der Waals surface area contributed by atoms with Crippen molar-refractivity contribution >= 4 is 42.6 Å². The van der Waals surface area contributed by atoms with E-state index in [-0.39, 0.29) is 22.6 Å². The van der Waals surface area contributed by atoms with Crippen LogP contribution in [0.25, 0.3) is 10.2 Å². The lowest BCUT2D eigenvalue weighted by molar-refractivity contribution is 0.0983. The maximum atomic E-state index is 13.8. The van der Waals surface area contributed by atoms with Crippen LogP contribution in [0.4, 0.5) is 5.13 Å². The molecule has 0 spiro atoms. The fourth-order valence-electron chi connectivity index (χ4n) is 4.52. The van der Waals surface area contributed by atoms with Gasteiger partial charge in [-0.1, -0.05) is 65.9 Å².